The molecule has 0 aromatic heterocycles. The van der Waals surface area contributed by atoms with E-state index in [1.165, 1.54) is 69.8 Å². The van der Waals surface area contributed by atoms with Crippen LogP contribution < -0.4 is 0 Å². The lowest BCUT2D eigenvalue weighted by Crippen LogP contribution is -2.15. The van der Waals surface area contributed by atoms with E-state index < -0.39 is 0 Å². The summed E-state index contributed by atoms with van der Waals surface area (Å²) < 4.78 is 5.37. The number of ether oxygens (including phenoxy) is 1. The molecule has 0 amide bonds. The van der Waals surface area contributed by atoms with Crippen molar-refractivity contribution in [1.82, 2.24) is 0 Å². The summed E-state index contributed by atoms with van der Waals surface area (Å²) in [5.74, 6) is 0.0319. The van der Waals surface area contributed by atoms with Crippen LogP contribution in [0.25, 0.3) is 0 Å². The highest BCUT2D eigenvalue weighted by atomic mass is 16.5. The van der Waals surface area contributed by atoms with E-state index in [1.807, 2.05) is 6.92 Å². The van der Waals surface area contributed by atoms with E-state index in [-0.39, 0.29) is 11.9 Å². The Hall–Kier alpha value is -0.790. The van der Waals surface area contributed by atoms with Gasteiger partial charge in [-0.2, -0.15) is 0 Å². The van der Waals surface area contributed by atoms with Gasteiger partial charge in [-0.05, 0) is 26.2 Å². The summed E-state index contributed by atoms with van der Waals surface area (Å²) in [5, 5.41) is 0. The minimum absolute atomic E-state index is 0.0189. The molecule has 0 saturated heterocycles. The third-order valence-corrected chi connectivity index (χ3v) is 5.06. The maximum absolute atomic E-state index is 11.9. The van der Waals surface area contributed by atoms with Crippen LogP contribution in [0.1, 0.15) is 118 Å². The van der Waals surface area contributed by atoms with Crippen LogP contribution in [0.5, 0.6) is 0 Å². The van der Waals surface area contributed by atoms with Gasteiger partial charge >= 0.3 is 5.97 Å². The molecule has 1 atom stereocenters. The summed E-state index contributed by atoms with van der Waals surface area (Å²) in [6.45, 7) is 9.07. The molecule has 148 valence electrons. The van der Waals surface area contributed by atoms with Gasteiger partial charge < -0.3 is 4.74 Å². The molecule has 1 unspecified atom stereocenters. The first-order valence-electron chi connectivity index (χ1n) is 10.9. The second kappa shape index (κ2) is 18.0. The fourth-order valence-electron chi connectivity index (χ4n) is 2.98. The Balaban J connectivity index is 3.42. The molecule has 0 aliphatic carbocycles. The van der Waals surface area contributed by atoms with Crippen molar-refractivity contribution in [1.29, 1.82) is 0 Å². The van der Waals surface area contributed by atoms with Gasteiger partial charge in [0.15, 0.2) is 0 Å². The molecule has 0 spiro atoms. The van der Waals surface area contributed by atoms with Crippen molar-refractivity contribution in [2.24, 2.45) is 5.92 Å². The number of unbranched alkanes of at least 4 members (excludes halogenated alkanes) is 10. The summed E-state index contributed by atoms with van der Waals surface area (Å²) in [7, 11) is 0. The molecule has 25 heavy (non-hydrogen) atoms. The molecule has 0 bridgehead atoms. The number of rotatable bonds is 17. The molecule has 0 aromatic rings. The van der Waals surface area contributed by atoms with Gasteiger partial charge in [-0.1, -0.05) is 103 Å². The maximum Gasteiger partial charge on any atom is 0.308 e. The van der Waals surface area contributed by atoms with Crippen LogP contribution in [0, 0.1) is 5.92 Å². The molecular formula is C23H44O2. The van der Waals surface area contributed by atoms with E-state index >= 15 is 0 Å². The van der Waals surface area contributed by atoms with Gasteiger partial charge in [-0.3, -0.25) is 4.79 Å². The van der Waals surface area contributed by atoms with Crippen LogP contribution in [-0.2, 0) is 9.53 Å². The largest absolute Gasteiger partial charge is 0.465 e. The van der Waals surface area contributed by atoms with Gasteiger partial charge in [-0.25, -0.2) is 0 Å². The smallest absolute Gasteiger partial charge is 0.308 e. The van der Waals surface area contributed by atoms with E-state index in [4.69, 9.17) is 4.74 Å². The molecule has 0 aromatic carbocycles. The van der Waals surface area contributed by atoms with Crippen LogP contribution in [0.15, 0.2) is 11.6 Å². The summed E-state index contributed by atoms with van der Waals surface area (Å²) in [4.78, 5) is 11.9. The molecular weight excluding hydrogens is 308 g/mol. The number of carbonyl (C=O) groups is 1. The van der Waals surface area contributed by atoms with Crippen LogP contribution in [0.3, 0.4) is 0 Å². The lowest BCUT2D eigenvalue weighted by molar-refractivity contribution is -0.148. The van der Waals surface area contributed by atoms with E-state index in [1.54, 1.807) is 0 Å². The van der Waals surface area contributed by atoms with Crippen molar-refractivity contribution in [3.8, 4) is 0 Å². The van der Waals surface area contributed by atoms with Crippen LogP contribution in [0.2, 0.25) is 0 Å². The normalized spacial score (nSPS) is 13.0. The molecule has 0 fully saturated rings. The van der Waals surface area contributed by atoms with Crippen molar-refractivity contribution in [2.75, 3.05) is 6.61 Å². The van der Waals surface area contributed by atoms with Crippen LogP contribution in [0.4, 0.5) is 0 Å². The van der Waals surface area contributed by atoms with Crippen LogP contribution in [-0.4, -0.2) is 12.6 Å². The Bertz CT molecular complexity index is 333. The molecule has 2 heteroatoms. The zero-order valence-corrected chi connectivity index (χ0v) is 17.6. The summed E-state index contributed by atoms with van der Waals surface area (Å²) in [6.07, 6.45) is 19.9. The van der Waals surface area contributed by atoms with E-state index in [0.29, 0.717) is 6.61 Å². The predicted octanol–water partition coefficient (Wildman–Crippen LogP) is 7.61. The number of carbonyl (C=O) groups excluding carboxylic acids is 1. The van der Waals surface area contributed by atoms with Crippen molar-refractivity contribution in [2.45, 2.75) is 118 Å². The van der Waals surface area contributed by atoms with Gasteiger partial charge in [0, 0.05) is 0 Å². The lowest BCUT2D eigenvalue weighted by atomic mass is 10.0. The van der Waals surface area contributed by atoms with Gasteiger partial charge in [0.05, 0.1) is 12.5 Å². The molecule has 2 nitrogen and oxygen atoms in total. The minimum atomic E-state index is -0.0189. The van der Waals surface area contributed by atoms with Gasteiger partial charge in [0.25, 0.3) is 0 Å². The lowest BCUT2D eigenvalue weighted by Gasteiger charge is -2.11. The average Bonchev–Trinajstić information content (AvgIpc) is 2.62. The Morgan fingerprint density at radius 2 is 1.40 bits per heavy atom. The van der Waals surface area contributed by atoms with Crippen molar-refractivity contribution < 1.29 is 9.53 Å². The zero-order valence-electron chi connectivity index (χ0n) is 17.6. The predicted molar refractivity (Wildman–Crippen MR) is 110 cm³/mol. The highest BCUT2D eigenvalue weighted by Crippen LogP contribution is 2.15. The van der Waals surface area contributed by atoms with E-state index in [9.17, 15) is 4.79 Å². The molecule has 0 radical (unpaired) electrons. The van der Waals surface area contributed by atoms with Gasteiger partial charge in [-0.15, -0.1) is 0 Å². The average molecular weight is 353 g/mol. The Labute approximate surface area is 157 Å². The van der Waals surface area contributed by atoms with Crippen molar-refractivity contribution in [3.63, 3.8) is 0 Å². The van der Waals surface area contributed by atoms with E-state index in [0.717, 1.165) is 25.7 Å². The standard InChI is InChI=1S/C23H44O2/c1-5-7-8-9-10-11-12-13-14-15-16-19-22(4)23(24)25-20-17-18-21(3)6-2/h18,22H,5-17,19-20H2,1-4H3/b21-18-. The summed E-state index contributed by atoms with van der Waals surface area (Å²) in [5.41, 5.74) is 1.37. The molecule has 0 N–H and O–H groups in total. The number of allylic oxidation sites excluding steroid dienone is 1. The monoisotopic (exact) mass is 352 g/mol. The van der Waals surface area contributed by atoms with E-state index in [2.05, 4.69) is 26.8 Å². The number of hydrogen-bond acceptors (Lipinski definition) is 2. The Morgan fingerprint density at radius 3 is 1.92 bits per heavy atom. The third-order valence-electron chi connectivity index (χ3n) is 5.06. The number of hydrogen-bond donors (Lipinski definition) is 0. The SMILES string of the molecule is CCCCCCCCCCCCCC(C)C(=O)OCC/C=C(/C)CC. The Morgan fingerprint density at radius 1 is 0.880 bits per heavy atom. The van der Waals surface area contributed by atoms with Crippen molar-refractivity contribution in [3.05, 3.63) is 11.6 Å². The van der Waals surface area contributed by atoms with Crippen LogP contribution >= 0.6 is 0 Å². The topological polar surface area (TPSA) is 26.3 Å². The third kappa shape index (κ3) is 16.4. The Kier molecular flexibility index (Phi) is 17.4. The number of esters is 1. The first kappa shape index (κ1) is 24.2. The maximum atomic E-state index is 11.9. The van der Waals surface area contributed by atoms with Crippen molar-refractivity contribution >= 4 is 5.97 Å². The first-order valence-corrected chi connectivity index (χ1v) is 10.9. The minimum Gasteiger partial charge on any atom is -0.465 e. The highest BCUT2D eigenvalue weighted by molar-refractivity contribution is 5.71. The second-order valence-corrected chi connectivity index (χ2v) is 7.59. The summed E-state index contributed by atoms with van der Waals surface area (Å²) >= 11 is 0. The summed E-state index contributed by atoms with van der Waals surface area (Å²) in [6, 6.07) is 0. The molecule has 0 aliphatic rings. The molecule has 0 rings (SSSR count). The quantitative estimate of drug-likeness (QED) is 0.153. The van der Waals surface area contributed by atoms with Gasteiger partial charge in [0.1, 0.15) is 0 Å². The molecule has 0 aliphatic heterocycles. The fraction of sp³-hybridized carbons (Fsp3) is 0.870. The molecule has 0 heterocycles. The zero-order chi connectivity index (χ0) is 18.8. The molecule has 0 saturated carbocycles. The first-order chi connectivity index (χ1) is 12.1. The second-order valence-electron chi connectivity index (χ2n) is 7.59. The highest BCUT2D eigenvalue weighted by Gasteiger charge is 2.13. The van der Waals surface area contributed by atoms with Gasteiger partial charge in [0.2, 0.25) is 0 Å². The fourth-order valence-corrected chi connectivity index (χ4v) is 2.98.